The molecule has 0 saturated carbocycles. The van der Waals surface area contributed by atoms with Gasteiger partial charge in [0.15, 0.2) is 11.2 Å². The second-order valence-corrected chi connectivity index (χ2v) is 10.9. The summed E-state index contributed by atoms with van der Waals surface area (Å²) in [7, 11) is -4.61. The van der Waals surface area contributed by atoms with Crippen LogP contribution in [0.1, 0.15) is 31.7 Å². The number of halogens is 3. The molecule has 216 valence electrons. The number of alkyl halides is 3. The number of nitrogens with zero attached hydrogens (tertiary/aromatic N) is 3. The third-order valence-corrected chi connectivity index (χ3v) is 6.89. The molecule has 1 aromatic heterocycles. The van der Waals surface area contributed by atoms with E-state index in [1.54, 1.807) is 36.4 Å². The minimum atomic E-state index is -4.79. The molecule has 0 radical (unpaired) electrons. The molecule has 0 spiro atoms. The first-order valence-corrected chi connectivity index (χ1v) is 13.8. The van der Waals surface area contributed by atoms with Crippen molar-refractivity contribution in [3.63, 3.8) is 0 Å². The van der Waals surface area contributed by atoms with Crippen molar-refractivity contribution in [1.82, 2.24) is 14.8 Å². The van der Waals surface area contributed by atoms with E-state index in [1.165, 1.54) is 23.1 Å². The molecule has 0 aliphatic carbocycles. The number of anilines is 2. The lowest BCUT2D eigenvalue weighted by Crippen LogP contribution is -2.34. The SMILES string of the molecule is CC(C)c1ccccc1NC(CC(=O)Nc1ccc(-c2ncn(-c3ccc(OC(F)(F)F)cc3)n2)cc1)S(=O)(=O)O. The number of carbonyl (C=O) groups is 1. The van der Waals surface area contributed by atoms with Crippen LogP contribution in [0.5, 0.6) is 5.75 Å². The molecule has 1 atom stereocenters. The Hall–Kier alpha value is -4.43. The normalized spacial score (nSPS) is 12.7. The van der Waals surface area contributed by atoms with E-state index in [0.717, 1.165) is 17.7 Å². The van der Waals surface area contributed by atoms with Gasteiger partial charge in [-0.15, -0.1) is 18.3 Å². The Bertz CT molecular complexity index is 1610. The number of hydrogen-bond donors (Lipinski definition) is 3. The molecule has 10 nitrogen and oxygen atoms in total. The maximum atomic E-state index is 12.7. The Morgan fingerprint density at radius 3 is 2.29 bits per heavy atom. The zero-order valence-electron chi connectivity index (χ0n) is 21.8. The number of aromatic nitrogens is 3. The minimum absolute atomic E-state index is 0.0763. The summed E-state index contributed by atoms with van der Waals surface area (Å²) in [5, 5.41) is 8.13. The van der Waals surface area contributed by atoms with Crippen molar-refractivity contribution in [1.29, 1.82) is 0 Å². The molecule has 0 bridgehead atoms. The van der Waals surface area contributed by atoms with Gasteiger partial charge >= 0.3 is 6.36 Å². The first-order chi connectivity index (χ1) is 19.3. The van der Waals surface area contributed by atoms with E-state index in [9.17, 15) is 30.9 Å². The number of benzene rings is 3. The van der Waals surface area contributed by atoms with Gasteiger partial charge in [-0.05, 0) is 66.1 Å². The molecule has 14 heteroatoms. The molecule has 0 fully saturated rings. The summed E-state index contributed by atoms with van der Waals surface area (Å²) < 4.78 is 76.1. The number of ether oxygens (including phenoxy) is 1. The Kier molecular flexibility index (Phi) is 8.63. The van der Waals surface area contributed by atoms with E-state index in [-0.39, 0.29) is 11.7 Å². The molecular formula is C27H26F3N5O5S. The first kappa shape index (κ1) is 29.6. The van der Waals surface area contributed by atoms with E-state index in [1.807, 2.05) is 26.0 Å². The van der Waals surface area contributed by atoms with Crippen LogP contribution in [0.4, 0.5) is 24.5 Å². The summed E-state index contributed by atoms with van der Waals surface area (Å²) in [6.45, 7) is 3.88. The molecule has 4 rings (SSSR count). The number of amides is 1. The summed E-state index contributed by atoms with van der Waals surface area (Å²) in [5.74, 6) is -0.612. The highest BCUT2D eigenvalue weighted by molar-refractivity contribution is 7.86. The third kappa shape index (κ3) is 8.05. The minimum Gasteiger partial charge on any atom is -0.406 e. The van der Waals surface area contributed by atoms with Gasteiger partial charge < -0.3 is 15.4 Å². The summed E-state index contributed by atoms with van der Waals surface area (Å²) in [4.78, 5) is 16.9. The molecule has 0 aliphatic heterocycles. The lowest BCUT2D eigenvalue weighted by atomic mass is 10.0. The maximum absolute atomic E-state index is 12.7. The number of para-hydroxylation sites is 1. The fourth-order valence-electron chi connectivity index (χ4n) is 3.94. The van der Waals surface area contributed by atoms with Crippen molar-refractivity contribution in [2.45, 2.75) is 37.9 Å². The lowest BCUT2D eigenvalue weighted by Gasteiger charge is -2.20. The van der Waals surface area contributed by atoms with Gasteiger partial charge in [0.1, 0.15) is 12.1 Å². The van der Waals surface area contributed by atoms with E-state index < -0.39 is 34.2 Å². The Labute approximate surface area is 233 Å². The molecule has 1 heterocycles. The molecule has 3 N–H and O–H groups in total. The zero-order chi connectivity index (χ0) is 29.8. The van der Waals surface area contributed by atoms with Crippen LogP contribution in [0.25, 0.3) is 17.1 Å². The van der Waals surface area contributed by atoms with Crippen molar-refractivity contribution in [2.75, 3.05) is 10.6 Å². The van der Waals surface area contributed by atoms with Gasteiger partial charge in [0.25, 0.3) is 10.1 Å². The van der Waals surface area contributed by atoms with Crippen molar-refractivity contribution in [2.24, 2.45) is 0 Å². The van der Waals surface area contributed by atoms with Crippen LogP contribution in [-0.4, -0.2) is 45.4 Å². The van der Waals surface area contributed by atoms with E-state index in [4.69, 9.17) is 0 Å². The van der Waals surface area contributed by atoms with Crippen LogP contribution in [0.3, 0.4) is 0 Å². The smallest absolute Gasteiger partial charge is 0.406 e. The number of carbonyl (C=O) groups excluding carboxylic acids is 1. The molecule has 41 heavy (non-hydrogen) atoms. The number of hydrogen-bond acceptors (Lipinski definition) is 7. The summed E-state index contributed by atoms with van der Waals surface area (Å²) >= 11 is 0. The molecule has 0 aliphatic rings. The van der Waals surface area contributed by atoms with Gasteiger partial charge in [-0.1, -0.05) is 32.0 Å². The standard InChI is InChI=1S/C27H26F3N5O5S/c1-17(2)22-5-3-4-6-23(22)33-25(41(37,38)39)15-24(36)32-19-9-7-18(8-10-19)26-31-16-35(34-26)20-11-13-21(14-12-20)40-27(28,29)30/h3-14,16-17,25,33H,15H2,1-2H3,(H,32,36)(H,37,38,39). The summed E-state index contributed by atoms with van der Waals surface area (Å²) in [6, 6.07) is 18.6. The summed E-state index contributed by atoms with van der Waals surface area (Å²) in [5.41, 5.74) is 2.75. The van der Waals surface area contributed by atoms with E-state index >= 15 is 0 Å². The highest BCUT2D eigenvalue weighted by Crippen LogP contribution is 2.27. The van der Waals surface area contributed by atoms with Crippen LogP contribution in [-0.2, 0) is 14.9 Å². The predicted molar refractivity (Wildman–Crippen MR) is 146 cm³/mol. The highest BCUT2D eigenvalue weighted by Gasteiger charge is 2.31. The molecule has 0 saturated heterocycles. The third-order valence-electron chi connectivity index (χ3n) is 5.88. The topological polar surface area (TPSA) is 135 Å². The first-order valence-electron chi connectivity index (χ1n) is 12.3. The second-order valence-electron chi connectivity index (χ2n) is 9.27. The largest absolute Gasteiger partial charge is 0.573 e. The molecular weight excluding hydrogens is 563 g/mol. The lowest BCUT2D eigenvalue weighted by molar-refractivity contribution is -0.274. The van der Waals surface area contributed by atoms with Crippen LogP contribution < -0.4 is 15.4 Å². The summed E-state index contributed by atoms with van der Waals surface area (Å²) in [6.07, 6.45) is -3.95. The monoisotopic (exact) mass is 589 g/mol. The van der Waals surface area contributed by atoms with Crippen LogP contribution >= 0.6 is 0 Å². The fourth-order valence-corrected chi connectivity index (χ4v) is 4.58. The van der Waals surface area contributed by atoms with Gasteiger partial charge in [0, 0.05) is 16.9 Å². The quantitative estimate of drug-likeness (QED) is 0.203. The van der Waals surface area contributed by atoms with Gasteiger partial charge in [0.05, 0.1) is 12.1 Å². The maximum Gasteiger partial charge on any atom is 0.573 e. The van der Waals surface area contributed by atoms with Crippen molar-refractivity contribution in [3.8, 4) is 22.8 Å². The van der Waals surface area contributed by atoms with E-state index in [2.05, 4.69) is 25.5 Å². The average molecular weight is 590 g/mol. The van der Waals surface area contributed by atoms with Crippen molar-refractivity contribution >= 4 is 27.4 Å². The van der Waals surface area contributed by atoms with Crippen molar-refractivity contribution in [3.05, 3.63) is 84.7 Å². The predicted octanol–water partition coefficient (Wildman–Crippen LogP) is 5.61. The number of rotatable bonds is 10. The Morgan fingerprint density at radius 1 is 1.02 bits per heavy atom. The van der Waals surface area contributed by atoms with Gasteiger partial charge in [-0.2, -0.15) is 8.42 Å². The van der Waals surface area contributed by atoms with Crippen LogP contribution in [0.2, 0.25) is 0 Å². The van der Waals surface area contributed by atoms with Gasteiger partial charge in [-0.25, -0.2) is 9.67 Å². The average Bonchev–Trinajstić information content (AvgIpc) is 3.38. The second kappa shape index (κ2) is 12.0. The fraction of sp³-hybridized carbons (Fsp3) is 0.222. The molecule has 4 aromatic rings. The molecule has 1 unspecified atom stereocenters. The van der Waals surface area contributed by atoms with Crippen LogP contribution in [0, 0.1) is 0 Å². The van der Waals surface area contributed by atoms with Crippen LogP contribution in [0.15, 0.2) is 79.1 Å². The Balaban J connectivity index is 1.40. The van der Waals surface area contributed by atoms with Gasteiger partial charge in [0.2, 0.25) is 5.91 Å². The molecule has 3 aromatic carbocycles. The number of nitrogens with one attached hydrogen (secondary N) is 2. The molecule has 1 amide bonds. The van der Waals surface area contributed by atoms with E-state index in [0.29, 0.717) is 28.5 Å². The van der Waals surface area contributed by atoms with Crippen molar-refractivity contribution < 1.29 is 35.7 Å². The highest BCUT2D eigenvalue weighted by atomic mass is 32.2. The zero-order valence-corrected chi connectivity index (χ0v) is 22.6. The van der Waals surface area contributed by atoms with Gasteiger partial charge in [-0.3, -0.25) is 9.35 Å². The Morgan fingerprint density at radius 2 is 1.68 bits per heavy atom.